The Morgan fingerprint density at radius 2 is 1.87 bits per heavy atom. The first kappa shape index (κ1) is 21.1. The number of hydrogen-bond acceptors (Lipinski definition) is 5. The zero-order valence-corrected chi connectivity index (χ0v) is 16.5. The van der Waals surface area contributed by atoms with Gasteiger partial charge >= 0.3 is 6.03 Å². The summed E-state index contributed by atoms with van der Waals surface area (Å²) in [6, 6.07) is 11.8. The van der Waals surface area contributed by atoms with Gasteiger partial charge in [-0.05, 0) is 30.7 Å². The maximum atomic E-state index is 13.6. The third-order valence-electron chi connectivity index (χ3n) is 4.41. The Hall–Kier alpha value is -3.62. The van der Waals surface area contributed by atoms with Crippen LogP contribution in [-0.2, 0) is 9.59 Å². The highest BCUT2D eigenvalue weighted by molar-refractivity contribution is 6.02. The summed E-state index contributed by atoms with van der Waals surface area (Å²) in [5.74, 6) is -1.01. The van der Waals surface area contributed by atoms with Crippen molar-refractivity contribution in [2.24, 2.45) is 0 Å². The molecule has 3 N–H and O–H groups in total. The smallest absolute Gasteiger partial charge is 0.326 e. The van der Waals surface area contributed by atoms with Crippen LogP contribution in [0.25, 0.3) is 0 Å². The number of anilines is 2. The summed E-state index contributed by atoms with van der Waals surface area (Å²) < 4.78 is 19.4. The van der Waals surface area contributed by atoms with Crippen LogP contribution in [0.3, 0.4) is 0 Å². The van der Waals surface area contributed by atoms with E-state index in [-0.39, 0.29) is 24.7 Å². The number of carbonyl (C=O) groups is 3. The van der Waals surface area contributed by atoms with E-state index >= 15 is 0 Å². The molecule has 4 amide bonds. The maximum Gasteiger partial charge on any atom is 0.326 e. The highest BCUT2D eigenvalue weighted by atomic mass is 19.1. The van der Waals surface area contributed by atoms with Gasteiger partial charge in [-0.3, -0.25) is 14.9 Å². The highest BCUT2D eigenvalue weighted by Crippen LogP contribution is 2.32. The molecule has 0 spiro atoms. The fraction of sp³-hybridized carbons (Fsp3) is 0.286. The fourth-order valence-electron chi connectivity index (χ4n) is 3.01. The lowest BCUT2D eigenvalue weighted by atomic mass is 10.1. The number of hydrogen-bond donors (Lipinski definition) is 3. The molecule has 1 aliphatic rings. The van der Waals surface area contributed by atoms with E-state index in [1.165, 1.54) is 18.2 Å². The zero-order valence-electron chi connectivity index (χ0n) is 16.5. The summed E-state index contributed by atoms with van der Waals surface area (Å²) in [5, 5.41) is 7.25. The van der Waals surface area contributed by atoms with E-state index in [9.17, 15) is 18.8 Å². The highest BCUT2D eigenvalue weighted by Gasteiger charge is 2.31. The number of halogens is 1. The third-order valence-corrected chi connectivity index (χ3v) is 4.41. The third kappa shape index (κ3) is 5.25. The second kappa shape index (κ2) is 9.73. The molecule has 2 aromatic carbocycles. The van der Waals surface area contributed by atoms with Gasteiger partial charge in [-0.1, -0.05) is 31.2 Å². The van der Waals surface area contributed by atoms with E-state index in [2.05, 4.69) is 16.0 Å². The SMILES string of the molecule is CCCNC(=O)[C@H]1CN(CC(=O)NC(=O)Nc2ccccc2F)c2ccccc2O1. The molecule has 0 unspecified atom stereocenters. The lowest BCUT2D eigenvalue weighted by molar-refractivity contribution is -0.128. The lowest BCUT2D eigenvalue weighted by Crippen LogP contribution is -2.52. The summed E-state index contributed by atoms with van der Waals surface area (Å²) in [6.07, 6.45) is 0.00431. The Morgan fingerprint density at radius 3 is 2.63 bits per heavy atom. The van der Waals surface area contributed by atoms with Crippen molar-refractivity contribution in [1.29, 1.82) is 0 Å². The molecular formula is C21H23FN4O4. The van der Waals surface area contributed by atoms with Crippen LogP contribution in [0.2, 0.25) is 0 Å². The fourth-order valence-corrected chi connectivity index (χ4v) is 3.01. The van der Waals surface area contributed by atoms with Crippen molar-refractivity contribution in [2.75, 3.05) is 29.9 Å². The van der Waals surface area contributed by atoms with Crippen molar-refractivity contribution in [3.05, 3.63) is 54.3 Å². The molecule has 8 nitrogen and oxygen atoms in total. The van der Waals surface area contributed by atoms with E-state index in [0.29, 0.717) is 18.0 Å². The van der Waals surface area contributed by atoms with Gasteiger partial charge in [0.1, 0.15) is 11.6 Å². The molecular weight excluding hydrogens is 391 g/mol. The quantitative estimate of drug-likeness (QED) is 0.673. The molecule has 0 radical (unpaired) electrons. The molecule has 1 atom stereocenters. The Labute approximate surface area is 173 Å². The second-order valence-electron chi connectivity index (χ2n) is 6.73. The average molecular weight is 414 g/mol. The Kier molecular flexibility index (Phi) is 6.84. The summed E-state index contributed by atoms with van der Waals surface area (Å²) in [4.78, 5) is 38.5. The first-order valence-electron chi connectivity index (χ1n) is 9.61. The van der Waals surface area contributed by atoms with Crippen LogP contribution in [0.4, 0.5) is 20.6 Å². The zero-order chi connectivity index (χ0) is 21.5. The largest absolute Gasteiger partial charge is 0.477 e. The van der Waals surface area contributed by atoms with Crippen LogP contribution in [-0.4, -0.2) is 43.6 Å². The minimum atomic E-state index is -0.844. The van der Waals surface area contributed by atoms with E-state index in [0.717, 1.165) is 6.42 Å². The molecule has 158 valence electrons. The topological polar surface area (TPSA) is 99.8 Å². The molecule has 3 rings (SSSR count). The molecule has 9 heteroatoms. The van der Waals surface area contributed by atoms with Crippen LogP contribution in [0.15, 0.2) is 48.5 Å². The van der Waals surface area contributed by atoms with Crippen LogP contribution in [0.1, 0.15) is 13.3 Å². The van der Waals surface area contributed by atoms with Crippen molar-refractivity contribution in [1.82, 2.24) is 10.6 Å². The predicted molar refractivity (Wildman–Crippen MR) is 110 cm³/mol. The molecule has 0 bridgehead atoms. The van der Waals surface area contributed by atoms with Gasteiger partial charge in [-0.25, -0.2) is 9.18 Å². The van der Waals surface area contributed by atoms with Crippen molar-refractivity contribution in [2.45, 2.75) is 19.4 Å². The van der Waals surface area contributed by atoms with Gasteiger partial charge in [0, 0.05) is 6.54 Å². The van der Waals surface area contributed by atoms with Gasteiger partial charge in [0.15, 0.2) is 6.10 Å². The van der Waals surface area contributed by atoms with Crippen molar-refractivity contribution >= 4 is 29.2 Å². The summed E-state index contributed by atoms with van der Waals surface area (Å²) >= 11 is 0. The molecule has 0 saturated heterocycles. The number of ether oxygens (including phenoxy) is 1. The Bertz CT molecular complexity index is 937. The van der Waals surface area contributed by atoms with Crippen LogP contribution in [0.5, 0.6) is 5.75 Å². The number of nitrogens with zero attached hydrogens (tertiary/aromatic N) is 1. The number of para-hydroxylation sites is 3. The lowest BCUT2D eigenvalue weighted by Gasteiger charge is -2.35. The van der Waals surface area contributed by atoms with E-state index in [1.54, 1.807) is 35.2 Å². The summed E-state index contributed by atoms with van der Waals surface area (Å²) in [6.45, 7) is 2.44. The minimum absolute atomic E-state index is 0.0350. The number of imide groups is 1. The standard InChI is InChI=1S/C21H23FN4O4/c1-2-11-23-20(28)18-12-26(16-9-5-6-10-17(16)30-18)13-19(27)25-21(29)24-15-8-4-3-7-14(15)22/h3-10,18H,2,11-13H2,1H3,(H,23,28)(H2,24,25,27,29)/t18-/m1/s1. The maximum absolute atomic E-state index is 13.6. The number of fused-ring (bicyclic) bond motifs is 1. The number of carbonyl (C=O) groups excluding carboxylic acids is 3. The van der Waals surface area contributed by atoms with Crippen LogP contribution < -0.4 is 25.6 Å². The number of urea groups is 1. The first-order chi connectivity index (χ1) is 14.5. The number of benzene rings is 2. The normalized spacial score (nSPS) is 14.9. The van der Waals surface area contributed by atoms with Gasteiger partial charge in [0.05, 0.1) is 24.5 Å². The van der Waals surface area contributed by atoms with Crippen molar-refractivity contribution < 1.29 is 23.5 Å². The Morgan fingerprint density at radius 1 is 1.13 bits per heavy atom. The number of amides is 4. The molecule has 0 saturated carbocycles. The predicted octanol–water partition coefficient (Wildman–Crippen LogP) is 2.27. The van der Waals surface area contributed by atoms with E-state index < -0.39 is 23.9 Å². The van der Waals surface area contributed by atoms with Crippen molar-refractivity contribution in [3.8, 4) is 5.75 Å². The molecule has 2 aromatic rings. The molecule has 0 fully saturated rings. The van der Waals surface area contributed by atoms with E-state index in [1.807, 2.05) is 6.92 Å². The van der Waals surface area contributed by atoms with Crippen LogP contribution >= 0.6 is 0 Å². The molecule has 1 heterocycles. The molecule has 0 aromatic heterocycles. The van der Waals surface area contributed by atoms with Crippen molar-refractivity contribution in [3.63, 3.8) is 0 Å². The molecule has 0 aliphatic carbocycles. The number of nitrogens with one attached hydrogen (secondary N) is 3. The van der Waals surface area contributed by atoms with Gasteiger partial charge in [0.25, 0.3) is 5.91 Å². The van der Waals surface area contributed by atoms with Gasteiger partial charge in [-0.15, -0.1) is 0 Å². The summed E-state index contributed by atoms with van der Waals surface area (Å²) in [5.41, 5.74) is 0.605. The van der Waals surface area contributed by atoms with Gasteiger partial charge in [-0.2, -0.15) is 0 Å². The summed E-state index contributed by atoms with van der Waals surface area (Å²) in [7, 11) is 0. The van der Waals surface area contributed by atoms with Gasteiger partial charge < -0.3 is 20.3 Å². The first-order valence-corrected chi connectivity index (χ1v) is 9.61. The second-order valence-corrected chi connectivity index (χ2v) is 6.73. The molecule has 1 aliphatic heterocycles. The average Bonchev–Trinajstić information content (AvgIpc) is 2.73. The Balaban J connectivity index is 1.65. The minimum Gasteiger partial charge on any atom is -0.477 e. The molecule has 30 heavy (non-hydrogen) atoms. The van der Waals surface area contributed by atoms with Crippen LogP contribution in [0, 0.1) is 5.82 Å². The van der Waals surface area contributed by atoms with Gasteiger partial charge in [0.2, 0.25) is 5.91 Å². The van der Waals surface area contributed by atoms with E-state index in [4.69, 9.17) is 4.74 Å². The number of rotatable bonds is 6. The monoisotopic (exact) mass is 414 g/mol.